The molecule has 0 bridgehead atoms. The fraction of sp³-hybridized carbons (Fsp3) is 0.227. The molecule has 0 saturated carbocycles. The summed E-state index contributed by atoms with van der Waals surface area (Å²) in [6.07, 6.45) is 1.78. The molecular formula is C22H22N2O3S. The van der Waals surface area contributed by atoms with Crippen LogP contribution in [0, 0.1) is 12.8 Å². The van der Waals surface area contributed by atoms with Crippen LogP contribution < -0.4 is 0 Å². The van der Waals surface area contributed by atoms with Crippen molar-refractivity contribution in [2.45, 2.75) is 20.8 Å². The van der Waals surface area contributed by atoms with Crippen molar-refractivity contribution >= 4 is 40.6 Å². The highest BCUT2D eigenvalue weighted by Crippen LogP contribution is 2.34. The van der Waals surface area contributed by atoms with Gasteiger partial charge in [0.2, 0.25) is 0 Å². The third-order valence-electron chi connectivity index (χ3n) is 4.15. The first-order valence-corrected chi connectivity index (χ1v) is 9.85. The summed E-state index contributed by atoms with van der Waals surface area (Å²) in [5, 5.41) is 9.68. The number of carboxylic acid groups (broad SMARTS) is 1. The van der Waals surface area contributed by atoms with Crippen molar-refractivity contribution in [3.05, 3.63) is 70.1 Å². The molecule has 2 aromatic rings. The molecule has 1 amide bonds. The lowest BCUT2D eigenvalue weighted by Crippen LogP contribution is -2.32. The number of hydrogen-bond acceptors (Lipinski definition) is 4. The first kappa shape index (κ1) is 19.9. The highest BCUT2D eigenvalue weighted by molar-refractivity contribution is 8.18. The maximum atomic E-state index is 12.9. The minimum atomic E-state index is -0.971. The Bertz CT molecular complexity index is 945. The van der Waals surface area contributed by atoms with Gasteiger partial charge in [0.25, 0.3) is 5.91 Å². The minimum absolute atomic E-state index is 0.0770. The number of amides is 1. The first-order chi connectivity index (χ1) is 13.3. The van der Waals surface area contributed by atoms with Crippen molar-refractivity contribution in [3.8, 4) is 0 Å². The fourth-order valence-corrected chi connectivity index (χ4v) is 3.73. The van der Waals surface area contributed by atoms with Gasteiger partial charge < -0.3 is 5.11 Å². The van der Waals surface area contributed by atoms with E-state index in [4.69, 9.17) is 5.11 Å². The number of amidine groups is 1. The van der Waals surface area contributed by atoms with E-state index in [1.165, 1.54) is 23.9 Å². The Morgan fingerprint density at radius 1 is 1.14 bits per heavy atom. The molecule has 0 radical (unpaired) electrons. The quantitative estimate of drug-likeness (QED) is 0.728. The average Bonchev–Trinajstić information content (AvgIpc) is 2.92. The highest BCUT2D eigenvalue weighted by atomic mass is 32.2. The molecular weight excluding hydrogens is 372 g/mol. The number of hydrogen-bond donors (Lipinski definition) is 1. The van der Waals surface area contributed by atoms with E-state index < -0.39 is 5.97 Å². The molecule has 5 nitrogen and oxygen atoms in total. The first-order valence-electron chi connectivity index (χ1n) is 9.03. The predicted molar refractivity (Wildman–Crippen MR) is 114 cm³/mol. The lowest BCUT2D eigenvalue weighted by Gasteiger charge is -2.17. The Morgan fingerprint density at radius 2 is 1.79 bits per heavy atom. The van der Waals surface area contributed by atoms with Crippen molar-refractivity contribution in [2.75, 3.05) is 6.54 Å². The molecule has 1 heterocycles. The van der Waals surface area contributed by atoms with Crippen LogP contribution in [-0.2, 0) is 4.79 Å². The van der Waals surface area contributed by atoms with E-state index in [1.54, 1.807) is 23.1 Å². The molecule has 1 N–H and O–H groups in total. The van der Waals surface area contributed by atoms with Crippen molar-refractivity contribution in [2.24, 2.45) is 10.9 Å². The van der Waals surface area contributed by atoms with Gasteiger partial charge in [-0.15, -0.1) is 0 Å². The van der Waals surface area contributed by atoms with Gasteiger partial charge in [-0.2, -0.15) is 0 Å². The summed E-state index contributed by atoms with van der Waals surface area (Å²) in [5.74, 6) is -0.741. The van der Waals surface area contributed by atoms with Crippen molar-refractivity contribution in [3.63, 3.8) is 0 Å². The van der Waals surface area contributed by atoms with E-state index in [1.807, 2.05) is 31.2 Å². The number of rotatable bonds is 5. The molecule has 1 fully saturated rings. The summed E-state index contributed by atoms with van der Waals surface area (Å²) >= 11 is 1.34. The normalized spacial score (nSPS) is 17.1. The molecule has 0 atom stereocenters. The van der Waals surface area contributed by atoms with Gasteiger partial charge in [0.1, 0.15) is 0 Å². The molecule has 1 aliphatic rings. The zero-order chi connectivity index (χ0) is 20.3. The topological polar surface area (TPSA) is 70.0 Å². The van der Waals surface area contributed by atoms with Crippen LogP contribution in [0.3, 0.4) is 0 Å². The Hall–Kier alpha value is -2.86. The van der Waals surface area contributed by atoms with Crippen molar-refractivity contribution in [1.29, 1.82) is 0 Å². The van der Waals surface area contributed by atoms with E-state index in [2.05, 4.69) is 18.8 Å². The molecule has 6 heteroatoms. The van der Waals surface area contributed by atoms with Crippen LogP contribution in [-0.4, -0.2) is 33.6 Å². The summed E-state index contributed by atoms with van der Waals surface area (Å²) in [4.78, 5) is 30.9. The molecule has 1 aliphatic heterocycles. The molecule has 0 unspecified atom stereocenters. The summed E-state index contributed by atoms with van der Waals surface area (Å²) in [7, 11) is 0. The Morgan fingerprint density at radius 3 is 2.36 bits per heavy atom. The van der Waals surface area contributed by atoms with Gasteiger partial charge in [-0.1, -0.05) is 43.7 Å². The predicted octanol–water partition coefficient (Wildman–Crippen LogP) is 4.95. The molecule has 0 aliphatic carbocycles. The Balaban J connectivity index is 1.92. The van der Waals surface area contributed by atoms with Gasteiger partial charge in [-0.25, -0.2) is 9.79 Å². The molecule has 0 aromatic heterocycles. The van der Waals surface area contributed by atoms with Gasteiger partial charge in [0.05, 0.1) is 16.2 Å². The lowest BCUT2D eigenvalue weighted by atomic mass is 10.1. The Kier molecular flexibility index (Phi) is 5.99. The van der Waals surface area contributed by atoms with Gasteiger partial charge in [-0.3, -0.25) is 9.69 Å². The zero-order valence-electron chi connectivity index (χ0n) is 16.0. The molecule has 28 heavy (non-hydrogen) atoms. The van der Waals surface area contributed by atoms with Crippen LogP contribution >= 0.6 is 11.8 Å². The van der Waals surface area contributed by atoms with Crippen LogP contribution in [0.4, 0.5) is 5.69 Å². The number of carboxylic acids is 1. The largest absolute Gasteiger partial charge is 0.478 e. The van der Waals surface area contributed by atoms with Crippen LogP contribution in [0.2, 0.25) is 0 Å². The number of aliphatic imine (C=N–C) groups is 1. The maximum Gasteiger partial charge on any atom is 0.335 e. The summed E-state index contributed by atoms with van der Waals surface area (Å²) in [6, 6.07) is 14.3. The average molecular weight is 394 g/mol. The summed E-state index contributed by atoms with van der Waals surface area (Å²) in [5.41, 5.74) is 2.96. The molecule has 1 saturated heterocycles. The van der Waals surface area contributed by atoms with E-state index in [0.29, 0.717) is 22.5 Å². The molecule has 3 rings (SSSR count). The standard InChI is InChI=1S/C22H22N2O3S/c1-14(2)13-24-20(25)19(12-16-6-8-17(9-7-16)21(26)27)28-22(24)23-18-10-4-15(3)5-11-18/h4-12,14H,13H2,1-3H3,(H,26,27)/b19-12+,23-22?. The summed E-state index contributed by atoms with van der Waals surface area (Å²) < 4.78 is 0. The van der Waals surface area contributed by atoms with E-state index in [9.17, 15) is 9.59 Å². The number of nitrogens with zero attached hydrogens (tertiary/aromatic N) is 2. The second kappa shape index (κ2) is 8.44. The number of aromatic carboxylic acids is 1. The van der Waals surface area contributed by atoms with Gasteiger partial charge in [0, 0.05) is 6.54 Å². The van der Waals surface area contributed by atoms with E-state index in [0.717, 1.165) is 16.8 Å². The second-order valence-corrected chi connectivity index (χ2v) is 8.09. The molecule has 144 valence electrons. The summed E-state index contributed by atoms with van der Waals surface area (Å²) in [6.45, 7) is 6.74. The van der Waals surface area contributed by atoms with E-state index in [-0.39, 0.29) is 11.5 Å². The third kappa shape index (κ3) is 4.70. The van der Waals surface area contributed by atoms with Crippen LogP contribution in [0.5, 0.6) is 0 Å². The second-order valence-electron chi connectivity index (χ2n) is 7.08. The van der Waals surface area contributed by atoms with Gasteiger partial charge in [-0.05, 0) is 60.5 Å². The third-order valence-corrected chi connectivity index (χ3v) is 5.16. The number of aryl methyl sites for hydroxylation is 1. The molecule has 2 aromatic carbocycles. The number of carbonyl (C=O) groups excluding carboxylic acids is 1. The van der Waals surface area contributed by atoms with Gasteiger partial charge >= 0.3 is 5.97 Å². The zero-order valence-corrected chi connectivity index (χ0v) is 16.9. The van der Waals surface area contributed by atoms with E-state index >= 15 is 0 Å². The van der Waals surface area contributed by atoms with Crippen LogP contribution in [0.1, 0.15) is 35.3 Å². The Labute approximate surface area is 168 Å². The van der Waals surface area contributed by atoms with Crippen LogP contribution in [0.15, 0.2) is 58.4 Å². The number of thioether (sulfide) groups is 1. The highest BCUT2D eigenvalue weighted by Gasteiger charge is 2.33. The SMILES string of the molecule is Cc1ccc(N=C2S/C(=C/c3ccc(C(=O)O)cc3)C(=O)N2CC(C)C)cc1. The smallest absolute Gasteiger partial charge is 0.335 e. The number of benzene rings is 2. The lowest BCUT2D eigenvalue weighted by molar-refractivity contribution is -0.122. The van der Waals surface area contributed by atoms with Crippen molar-refractivity contribution in [1.82, 2.24) is 4.90 Å². The van der Waals surface area contributed by atoms with Gasteiger partial charge in [0.15, 0.2) is 5.17 Å². The van der Waals surface area contributed by atoms with Crippen LogP contribution in [0.25, 0.3) is 6.08 Å². The minimum Gasteiger partial charge on any atom is -0.478 e. The monoisotopic (exact) mass is 394 g/mol. The fourth-order valence-electron chi connectivity index (χ4n) is 2.72. The number of carbonyl (C=O) groups is 2. The van der Waals surface area contributed by atoms with Crippen molar-refractivity contribution < 1.29 is 14.7 Å². The molecule has 0 spiro atoms. The maximum absolute atomic E-state index is 12.9.